The molecule has 0 bridgehead atoms. The molecule has 2 N–H and O–H groups in total. The number of carbonyl (C=O) groups excluding carboxylic acids is 1. The zero-order valence-electron chi connectivity index (χ0n) is 9.20. The molecule has 0 spiro atoms. The summed E-state index contributed by atoms with van der Waals surface area (Å²) in [6, 6.07) is 0. The van der Waals surface area contributed by atoms with E-state index in [1.165, 1.54) is 7.05 Å². The summed E-state index contributed by atoms with van der Waals surface area (Å²) in [5.41, 5.74) is 3.46. The highest BCUT2D eigenvalue weighted by Gasteiger charge is 2.39. The fraction of sp³-hybridized carbons (Fsp3) is 0.556. The Labute approximate surface area is 91.2 Å². The Bertz CT molecular complexity index is 401. The summed E-state index contributed by atoms with van der Waals surface area (Å²) in [5.74, 6) is -0.736. The van der Waals surface area contributed by atoms with Crippen molar-refractivity contribution >= 4 is 5.97 Å². The van der Waals surface area contributed by atoms with Gasteiger partial charge in [-0.2, -0.15) is 5.10 Å². The minimum absolute atomic E-state index is 0.0460. The maximum absolute atomic E-state index is 12.8. The van der Waals surface area contributed by atoms with Crippen LogP contribution < -0.4 is 5.73 Å². The quantitative estimate of drug-likeness (QED) is 0.778. The van der Waals surface area contributed by atoms with Crippen molar-refractivity contribution in [3.05, 3.63) is 17.5 Å². The summed E-state index contributed by atoms with van der Waals surface area (Å²) in [6.45, 7) is 1.14. The summed E-state index contributed by atoms with van der Waals surface area (Å²) >= 11 is 0. The van der Waals surface area contributed by atoms with Crippen molar-refractivity contribution in [2.45, 2.75) is 18.9 Å². The molecule has 1 aromatic heterocycles. The molecule has 90 valence electrons. The molecule has 1 rings (SSSR count). The second-order valence-electron chi connectivity index (χ2n) is 3.61. The van der Waals surface area contributed by atoms with Crippen LogP contribution in [0.2, 0.25) is 0 Å². The lowest BCUT2D eigenvalue weighted by Gasteiger charge is -2.24. The number of hydrogen-bond acceptors (Lipinski definition) is 4. The molecule has 16 heavy (non-hydrogen) atoms. The van der Waals surface area contributed by atoms with Crippen LogP contribution in [-0.2, 0) is 17.3 Å². The third-order valence-electron chi connectivity index (χ3n) is 2.31. The highest BCUT2D eigenvalue weighted by molar-refractivity contribution is 5.90. The Morgan fingerprint density at radius 3 is 2.69 bits per heavy atom. The van der Waals surface area contributed by atoms with Crippen LogP contribution in [0.3, 0.4) is 0 Å². The number of rotatable bonds is 3. The van der Waals surface area contributed by atoms with E-state index in [2.05, 4.69) is 9.84 Å². The van der Waals surface area contributed by atoms with Gasteiger partial charge in [0.05, 0.1) is 19.0 Å². The van der Waals surface area contributed by atoms with E-state index < -0.39 is 17.9 Å². The van der Waals surface area contributed by atoms with Gasteiger partial charge in [-0.25, -0.2) is 13.6 Å². The maximum atomic E-state index is 12.8. The van der Waals surface area contributed by atoms with E-state index in [-0.39, 0.29) is 11.3 Å². The number of methoxy groups -OCH3 is 1. The van der Waals surface area contributed by atoms with Crippen LogP contribution in [0.15, 0.2) is 6.20 Å². The fourth-order valence-electron chi connectivity index (χ4n) is 1.44. The van der Waals surface area contributed by atoms with Crippen LogP contribution in [0.5, 0.6) is 0 Å². The third-order valence-corrected chi connectivity index (χ3v) is 2.31. The number of ether oxygens (including phenoxy) is 1. The van der Waals surface area contributed by atoms with E-state index in [1.54, 1.807) is 0 Å². The van der Waals surface area contributed by atoms with Crippen molar-refractivity contribution in [2.24, 2.45) is 12.8 Å². The topological polar surface area (TPSA) is 70.1 Å². The number of aryl methyl sites for hydroxylation is 1. The minimum atomic E-state index is -2.81. The Morgan fingerprint density at radius 2 is 2.25 bits per heavy atom. The van der Waals surface area contributed by atoms with Crippen LogP contribution in [0.25, 0.3) is 0 Å². The molecule has 0 amide bonds. The van der Waals surface area contributed by atoms with Crippen molar-refractivity contribution in [1.82, 2.24) is 9.78 Å². The molecule has 5 nitrogen and oxygen atoms in total. The summed E-state index contributed by atoms with van der Waals surface area (Å²) < 4.78 is 31.2. The molecule has 7 heteroatoms. The highest BCUT2D eigenvalue weighted by atomic mass is 19.3. The van der Waals surface area contributed by atoms with E-state index in [0.29, 0.717) is 0 Å². The molecule has 0 saturated carbocycles. The number of hydrogen-bond donors (Lipinski definition) is 1. The second-order valence-corrected chi connectivity index (χ2v) is 3.61. The van der Waals surface area contributed by atoms with Crippen molar-refractivity contribution in [3.63, 3.8) is 0 Å². The lowest BCUT2D eigenvalue weighted by molar-refractivity contribution is 0.0522. The van der Waals surface area contributed by atoms with E-state index in [0.717, 1.165) is 24.9 Å². The zero-order chi connectivity index (χ0) is 12.5. The van der Waals surface area contributed by atoms with Gasteiger partial charge in [-0.1, -0.05) is 0 Å². The van der Waals surface area contributed by atoms with E-state index in [1.807, 2.05) is 0 Å². The van der Waals surface area contributed by atoms with Gasteiger partial charge in [0.1, 0.15) is 11.1 Å². The monoisotopic (exact) mass is 233 g/mol. The number of esters is 1. The molecule has 0 aromatic carbocycles. The Kier molecular flexibility index (Phi) is 3.27. The molecule has 1 atom stereocenters. The summed E-state index contributed by atoms with van der Waals surface area (Å²) in [6.07, 6.45) is -1.65. The Hall–Kier alpha value is -1.50. The first-order valence-electron chi connectivity index (χ1n) is 4.50. The van der Waals surface area contributed by atoms with Gasteiger partial charge in [-0.3, -0.25) is 4.68 Å². The number of nitrogens with zero attached hydrogens (tertiary/aromatic N) is 2. The van der Waals surface area contributed by atoms with Gasteiger partial charge in [-0.15, -0.1) is 0 Å². The zero-order valence-corrected chi connectivity index (χ0v) is 9.20. The maximum Gasteiger partial charge on any atom is 0.341 e. The molecule has 1 unspecified atom stereocenters. The van der Waals surface area contributed by atoms with Crippen molar-refractivity contribution < 1.29 is 18.3 Å². The predicted octanol–water partition coefficient (Wildman–Crippen LogP) is 0.646. The molecule has 0 saturated heterocycles. The molecule has 0 aliphatic carbocycles. The first-order chi connectivity index (χ1) is 7.32. The Morgan fingerprint density at radius 1 is 1.69 bits per heavy atom. The second kappa shape index (κ2) is 4.17. The number of alkyl halides is 2. The number of aromatic nitrogens is 2. The molecule has 0 radical (unpaired) electrons. The normalized spacial score (nSPS) is 14.9. The first-order valence-corrected chi connectivity index (χ1v) is 4.50. The lowest BCUT2D eigenvalue weighted by Crippen LogP contribution is -2.43. The summed E-state index contributed by atoms with van der Waals surface area (Å²) in [4.78, 5) is 11.3. The van der Waals surface area contributed by atoms with E-state index in [9.17, 15) is 13.6 Å². The van der Waals surface area contributed by atoms with Gasteiger partial charge in [-0.05, 0) is 6.92 Å². The Balaban J connectivity index is 3.32. The van der Waals surface area contributed by atoms with Crippen LogP contribution in [0.4, 0.5) is 8.78 Å². The van der Waals surface area contributed by atoms with Gasteiger partial charge in [0.25, 0.3) is 6.43 Å². The first kappa shape index (κ1) is 12.6. The van der Waals surface area contributed by atoms with Crippen LogP contribution >= 0.6 is 0 Å². The smallest absolute Gasteiger partial charge is 0.341 e. The van der Waals surface area contributed by atoms with E-state index in [4.69, 9.17) is 5.73 Å². The standard InChI is InChI=1S/C9H13F2N3O2/c1-9(12,8(10)11)6-5(7(15)16-3)4-13-14(6)2/h4,8H,12H2,1-3H3. The van der Waals surface area contributed by atoms with Gasteiger partial charge in [0.15, 0.2) is 0 Å². The van der Waals surface area contributed by atoms with Crippen LogP contribution in [-0.4, -0.2) is 29.3 Å². The number of nitrogens with two attached hydrogens (primary N) is 1. The average Bonchev–Trinajstić information content (AvgIpc) is 2.59. The highest BCUT2D eigenvalue weighted by Crippen LogP contribution is 2.27. The lowest BCUT2D eigenvalue weighted by atomic mass is 9.96. The molecule has 0 aliphatic heterocycles. The van der Waals surface area contributed by atoms with Crippen LogP contribution in [0, 0.1) is 0 Å². The summed E-state index contributed by atoms with van der Waals surface area (Å²) in [7, 11) is 2.60. The van der Waals surface area contributed by atoms with Gasteiger partial charge in [0, 0.05) is 7.05 Å². The largest absolute Gasteiger partial charge is 0.465 e. The van der Waals surface area contributed by atoms with Gasteiger partial charge >= 0.3 is 5.97 Å². The molecule has 0 aliphatic rings. The SMILES string of the molecule is COC(=O)c1cnn(C)c1C(C)(N)C(F)F. The average molecular weight is 233 g/mol. The molecule has 0 fully saturated rings. The van der Waals surface area contributed by atoms with Gasteiger partial charge in [0.2, 0.25) is 0 Å². The summed E-state index contributed by atoms with van der Waals surface area (Å²) in [5, 5.41) is 3.74. The van der Waals surface area contributed by atoms with Crippen LogP contribution in [0.1, 0.15) is 23.0 Å². The predicted molar refractivity (Wildman–Crippen MR) is 52.1 cm³/mol. The molecular weight excluding hydrogens is 220 g/mol. The minimum Gasteiger partial charge on any atom is -0.465 e. The third kappa shape index (κ3) is 1.90. The molecule has 1 heterocycles. The number of halogens is 2. The molecule has 1 aromatic rings. The van der Waals surface area contributed by atoms with Crippen molar-refractivity contribution in [2.75, 3.05) is 7.11 Å². The van der Waals surface area contributed by atoms with Crippen molar-refractivity contribution in [3.8, 4) is 0 Å². The fourth-order valence-corrected chi connectivity index (χ4v) is 1.44. The van der Waals surface area contributed by atoms with Gasteiger partial charge < -0.3 is 10.5 Å². The number of carbonyl (C=O) groups is 1. The molecular formula is C9H13F2N3O2. The van der Waals surface area contributed by atoms with Crippen molar-refractivity contribution in [1.29, 1.82) is 0 Å². The van der Waals surface area contributed by atoms with E-state index >= 15 is 0 Å².